The molecule has 1 amide bonds. The molecule has 5 heteroatoms. The van der Waals surface area contributed by atoms with Crippen molar-refractivity contribution in [3.63, 3.8) is 0 Å². The maximum absolute atomic E-state index is 11.8. The van der Waals surface area contributed by atoms with Gasteiger partial charge in [0.25, 0.3) is 0 Å². The number of amides is 1. The van der Waals surface area contributed by atoms with Gasteiger partial charge in [0.2, 0.25) is 5.91 Å². The lowest BCUT2D eigenvalue weighted by molar-refractivity contribution is -0.121. The van der Waals surface area contributed by atoms with E-state index in [0.29, 0.717) is 31.0 Å². The summed E-state index contributed by atoms with van der Waals surface area (Å²) in [5.41, 5.74) is 5.91. The van der Waals surface area contributed by atoms with Crippen LogP contribution in [0.2, 0.25) is 0 Å². The van der Waals surface area contributed by atoms with Gasteiger partial charge in [0.05, 0.1) is 6.54 Å². The van der Waals surface area contributed by atoms with Crippen molar-refractivity contribution >= 4 is 11.9 Å². The van der Waals surface area contributed by atoms with Gasteiger partial charge in [-0.2, -0.15) is 0 Å². The van der Waals surface area contributed by atoms with Crippen LogP contribution in [0.4, 0.5) is 0 Å². The van der Waals surface area contributed by atoms with Crippen LogP contribution >= 0.6 is 0 Å². The number of rotatable bonds is 5. The SMILES string of the molecule is NC(=NCCC(=O)NC1CCCC1)NC1CCCCCC1. The monoisotopic (exact) mass is 294 g/mol. The second kappa shape index (κ2) is 8.90. The zero-order chi connectivity index (χ0) is 14.9. The Balaban J connectivity index is 1.61. The third-order valence-electron chi connectivity index (χ3n) is 4.55. The van der Waals surface area contributed by atoms with Gasteiger partial charge in [0, 0.05) is 18.5 Å². The summed E-state index contributed by atoms with van der Waals surface area (Å²) in [6.45, 7) is 0.476. The normalized spacial score (nSPS) is 22.0. The van der Waals surface area contributed by atoms with E-state index in [4.69, 9.17) is 5.73 Å². The third kappa shape index (κ3) is 6.36. The Bertz CT molecular complexity index is 342. The highest BCUT2D eigenvalue weighted by molar-refractivity contribution is 5.79. The van der Waals surface area contributed by atoms with Gasteiger partial charge in [-0.05, 0) is 25.7 Å². The van der Waals surface area contributed by atoms with Crippen LogP contribution in [0.15, 0.2) is 4.99 Å². The van der Waals surface area contributed by atoms with Crippen LogP contribution < -0.4 is 16.4 Å². The number of hydrogen-bond donors (Lipinski definition) is 3. The van der Waals surface area contributed by atoms with Gasteiger partial charge in [-0.3, -0.25) is 9.79 Å². The van der Waals surface area contributed by atoms with Crippen molar-refractivity contribution in [2.24, 2.45) is 10.7 Å². The summed E-state index contributed by atoms with van der Waals surface area (Å²) >= 11 is 0. The molecule has 2 saturated carbocycles. The van der Waals surface area contributed by atoms with E-state index in [1.807, 2.05) is 0 Å². The highest BCUT2D eigenvalue weighted by Crippen LogP contribution is 2.18. The maximum atomic E-state index is 11.8. The van der Waals surface area contributed by atoms with Gasteiger partial charge in [0.15, 0.2) is 5.96 Å². The fourth-order valence-corrected chi connectivity index (χ4v) is 3.33. The molecule has 0 aromatic rings. The van der Waals surface area contributed by atoms with E-state index >= 15 is 0 Å². The summed E-state index contributed by atoms with van der Waals surface area (Å²) in [6, 6.07) is 0.853. The van der Waals surface area contributed by atoms with Crippen LogP contribution in [-0.4, -0.2) is 30.5 Å². The molecule has 120 valence electrons. The van der Waals surface area contributed by atoms with Gasteiger partial charge >= 0.3 is 0 Å². The van der Waals surface area contributed by atoms with Crippen LogP contribution in [0.5, 0.6) is 0 Å². The van der Waals surface area contributed by atoms with Crippen molar-refractivity contribution in [1.29, 1.82) is 0 Å². The predicted octanol–water partition coefficient (Wildman–Crippen LogP) is 2.06. The molecule has 0 unspecified atom stereocenters. The zero-order valence-electron chi connectivity index (χ0n) is 13.1. The molecule has 0 heterocycles. The molecule has 2 aliphatic rings. The van der Waals surface area contributed by atoms with E-state index in [2.05, 4.69) is 15.6 Å². The number of carbonyl (C=O) groups is 1. The molecule has 0 saturated heterocycles. The Hall–Kier alpha value is -1.26. The standard InChI is InChI=1S/C16H30N4O/c17-16(20-14-7-3-1-2-4-8-14)18-12-11-15(21)19-13-9-5-6-10-13/h13-14H,1-12H2,(H,19,21)(H3,17,18,20). The molecule has 2 aliphatic carbocycles. The van der Waals surface area contributed by atoms with Crippen LogP contribution in [0, 0.1) is 0 Å². The van der Waals surface area contributed by atoms with Crippen molar-refractivity contribution in [2.75, 3.05) is 6.54 Å². The average molecular weight is 294 g/mol. The van der Waals surface area contributed by atoms with Crippen molar-refractivity contribution in [3.05, 3.63) is 0 Å². The number of nitrogens with two attached hydrogens (primary N) is 1. The molecular weight excluding hydrogens is 264 g/mol. The van der Waals surface area contributed by atoms with Gasteiger partial charge < -0.3 is 16.4 Å². The molecule has 0 aromatic heterocycles. The molecule has 4 N–H and O–H groups in total. The first-order chi connectivity index (χ1) is 10.2. The number of aliphatic imine (C=N–C) groups is 1. The van der Waals surface area contributed by atoms with Crippen molar-refractivity contribution < 1.29 is 4.79 Å². The third-order valence-corrected chi connectivity index (χ3v) is 4.55. The number of guanidine groups is 1. The summed E-state index contributed by atoms with van der Waals surface area (Å²) in [6.07, 6.45) is 12.7. The molecular formula is C16H30N4O. The quantitative estimate of drug-likeness (QED) is 0.412. The second-order valence-corrected chi connectivity index (χ2v) is 6.40. The van der Waals surface area contributed by atoms with E-state index in [1.165, 1.54) is 51.4 Å². The van der Waals surface area contributed by atoms with Crippen molar-refractivity contribution in [2.45, 2.75) is 82.7 Å². The van der Waals surface area contributed by atoms with Crippen molar-refractivity contribution in [1.82, 2.24) is 10.6 Å². The topological polar surface area (TPSA) is 79.5 Å². The molecule has 0 radical (unpaired) electrons. The van der Waals surface area contributed by atoms with E-state index in [9.17, 15) is 4.79 Å². The number of nitrogens with one attached hydrogen (secondary N) is 2. The van der Waals surface area contributed by atoms with Crippen LogP contribution in [-0.2, 0) is 4.79 Å². The van der Waals surface area contributed by atoms with Gasteiger partial charge in [0.1, 0.15) is 0 Å². The first-order valence-electron chi connectivity index (χ1n) is 8.60. The minimum atomic E-state index is 0.105. The van der Waals surface area contributed by atoms with Crippen LogP contribution in [0.3, 0.4) is 0 Å². The Labute approximate surface area is 128 Å². The Morgan fingerprint density at radius 2 is 1.43 bits per heavy atom. The molecule has 2 rings (SSSR count). The molecule has 5 nitrogen and oxygen atoms in total. The fourth-order valence-electron chi connectivity index (χ4n) is 3.33. The number of hydrogen-bond acceptors (Lipinski definition) is 2. The van der Waals surface area contributed by atoms with Crippen molar-refractivity contribution in [3.8, 4) is 0 Å². The van der Waals surface area contributed by atoms with E-state index in [1.54, 1.807) is 0 Å². The molecule has 2 fully saturated rings. The molecule has 0 aromatic carbocycles. The predicted molar refractivity (Wildman–Crippen MR) is 86.1 cm³/mol. The van der Waals surface area contributed by atoms with Gasteiger partial charge in [-0.15, -0.1) is 0 Å². The second-order valence-electron chi connectivity index (χ2n) is 6.40. The van der Waals surface area contributed by atoms with Gasteiger partial charge in [-0.1, -0.05) is 38.5 Å². The van der Waals surface area contributed by atoms with E-state index < -0.39 is 0 Å². The Morgan fingerprint density at radius 1 is 0.905 bits per heavy atom. The minimum absolute atomic E-state index is 0.105. The molecule has 0 atom stereocenters. The zero-order valence-corrected chi connectivity index (χ0v) is 13.1. The first kappa shape index (κ1) is 16.1. The number of nitrogens with zero attached hydrogens (tertiary/aromatic N) is 1. The van der Waals surface area contributed by atoms with E-state index in [-0.39, 0.29) is 5.91 Å². The summed E-state index contributed by atoms with van der Waals surface area (Å²) in [5.74, 6) is 0.600. The molecule has 0 spiro atoms. The lowest BCUT2D eigenvalue weighted by Gasteiger charge is -2.16. The first-order valence-corrected chi connectivity index (χ1v) is 8.60. The molecule has 0 bridgehead atoms. The Kier molecular flexibility index (Phi) is 6.83. The average Bonchev–Trinajstić information content (AvgIpc) is 2.82. The summed E-state index contributed by atoms with van der Waals surface area (Å²) in [4.78, 5) is 16.1. The highest BCUT2D eigenvalue weighted by atomic mass is 16.1. The van der Waals surface area contributed by atoms with Crippen LogP contribution in [0.1, 0.15) is 70.6 Å². The lowest BCUT2D eigenvalue weighted by atomic mass is 10.1. The maximum Gasteiger partial charge on any atom is 0.222 e. The molecule has 21 heavy (non-hydrogen) atoms. The largest absolute Gasteiger partial charge is 0.370 e. The summed E-state index contributed by atoms with van der Waals surface area (Å²) in [7, 11) is 0. The van der Waals surface area contributed by atoms with Gasteiger partial charge in [-0.25, -0.2) is 0 Å². The highest BCUT2D eigenvalue weighted by Gasteiger charge is 2.16. The minimum Gasteiger partial charge on any atom is -0.370 e. The summed E-state index contributed by atoms with van der Waals surface area (Å²) in [5, 5.41) is 6.37. The smallest absolute Gasteiger partial charge is 0.222 e. The molecule has 0 aliphatic heterocycles. The summed E-state index contributed by atoms with van der Waals surface area (Å²) < 4.78 is 0. The number of carbonyl (C=O) groups excluding carboxylic acids is 1. The lowest BCUT2D eigenvalue weighted by Crippen LogP contribution is -2.40. The fraction of sp³-hybridized carbons (Fsp3) is 0.875. The Morgan fingerprint density at radius 3 is 2.05 bits per heavy atom. The van der Waals surface area contributed by atoms with Crippen LogP contribution in [0.25, 0.3) is 0 Å². The van der Waals surface area contributed by atoms with E-state index in [0.717, 1.165) is 12.8 Å².